The molecule has 0 amide bonds. The van der Waals surface area contributed by atoms with E-state index in [1.165, 1.54) is 16.1 Å². The Morgan fingerprint density at radius 2 is 1.79 bits per heavy atom. The fourth-order valence-electron chi connectivity index (χ4n) is 3.60. The van der Waals surface area contributed by atoms with Gasteiger partial charge in [0.2, 0.25) is 5.28 Å². The van der Waals surface area contributed by atoms with Crippen LogP contribution >= 0.6 is 11.6 Å². The number of hydrogen-bond donors (Lipinski definition) is 1. The lowest BCUT2D eigenvalue weighted by atomic mass is 10.1. The molecule has 9 nitrogen and oxygen atoms in total. The molecule has 0 radical (unpaired) electrons. The number of imidazole rings is 1. The summed E-state index contributed by atoms with van der Waals surface area (Å²) >= 11 is 5.98. The average molecular weight is 477 g/mol. The van der Waals surface area contributed by atoms with Gasteiger partial charge >= 0.3 is 11.7 Å². The Bertz CT molecular complexity index is 1200. The van der Waals surface area contributed by atoms with Gasteiger partial charge in [0, 0.05) is 20.0 Å². The Labute approximate surface area is 196 Å². The molecule has 3 aromatic rings. The number of H-pyrrole nitrogens is 1. The number of esters is 1. The van der Waals surface area contributed by atoms with Crippen molar-refractivity contribution in [3.63, 3.8) is 0 Å². The highest BCUT2D eigenvalue weighted by atomic mass is 35.5. The second-order valence-corrected chi connectivity index (χ2v) is 8.12. The van der Waals surface area contributed by atoms with E-state index < -0.39 is 5.56 Å². The van der Waals surface area contributed by atoms with Gasteiger partial charge in [-0.15, -0.1) is 0 Å². The zero-order valence-corrected chi connectivity index (χ0v) is 19.7. The molecule has 0 fully saturated rings. The van der Waals surface area contributed by atoms with Crippen LogP contribution in [0.25, 0.3) is 11.2 Å². The molecule has 0 bridgehead atoms. The molecule has 2 heterocycles. The standard InChI is InChI=1S/C23H29ClN4O5/c1-3-4-5-12-27-20-19(25-22(24)26-20)21(30)28(23(27)31)13-6-7-17-8-10-18(11-9-17)33-15-14-32-16(2)29/h8-11H,3-7,12-15H2,1-2H3,(H,25,26). The molecule has 10 heteroatoms. The maximum Gasteiger partial charge on any atom is 0.332 e. The van der Waals surface area contributed by atoms with Gasteiger partial charge in [-0.2, -0.15) is 4.98 Å². The lowest BCUT2D eigenvalue weighted by Crippen LogP contribution is -2.40. The number of benzene rings is 1. The minimum atomic E-state index is -0.405. The molecule has 0 saturated carbocycles. The van der Waals surface area contributed by atoms with E-state index in [1.807, 2.05) is 24.3 Å². The number of nitrogens with zero attached hydrogens (tertiary/aromatic N) is 3. The van der Waals surface area contributed by atoms with Crippen molar-refractivity contribution in [1.29, 1.82) is 0 Å². The van der Waals surface area contributed by atoms with Crippen molar-refractivity contribution in [2.24, 2.45) is 0 Å². The van der Waals surface area contributed by atoms with Crippen molar-refractivity contribution in [3.05, 3.63) is 56.0 Å². The summed E-state index contributed by atoms with van der Waals surface area (Å²) in [6.45, 7) is 4.71. The summed E-state index contributed by atoms with van der Waals surface area (Å²) in [4.78, 5) is 43.6. The van der Waals surface area contributed by atoms with E-state index in [-0.39, 0.29) is 35.7 Å². The summed E-state index contributed by atoms with van der Waals surface area (Å²) in [5.41, 5.74) is 0.864. The maximum atomic E-state index is 13.0. The summed E-state index contributed by atoms with van der Waals surface area (Å²) in [6, 6.07) is 7.55. The van der Waals surface area contributed by atoms with Gasteiger partial charge in [-0.05, 0) is 48.6 Å². The van der Waals surface area contributed by atoms with Crippen LogP contribution in [0.15, 0.2) is 33.9 Å². The van der Waals surface area contributed by atoms with Crippen LogP contribution in [-0.2, 0) is 29.0 Å². The van der Waals surface area contributed by atoms with E-state index in [9.17, 15) is 14.4 Å². The molecular formula is C23H29ClN4O5. The molecule has 0 atom stereocenters. The van der Waals surface area contributed by atoms with E-state index in [2.05, 4.69) is 16.9 Å². The normalized spacial score (nSPS) is 11.1. The smallest absolute Gasteiger partial charge is 0.332 e. The molecule has 1 aromatic carbocycles. The van der Waals surface area contributed by atoms with Gasteiger partial charge in [0.05, 0.1) is 0 Å². The van der Waals surface area contributed by atoms with E-state index in [0.717, 1.165) is 24.8 Å². The van der Waals surface area contributed by atoms with Crippen LogP contribution < -0.4 is 16.0 Å². The Morgan fingerprint density at radius 1 is 1.06 bits per heavy atom. The van der Waals surface area contributed by atoms with Crippen molar-refractivity contribution >= 4 is 28.7 Å². The van der Waals surface area contributed by atoms with Crippen LogP contribution in [0.3, 0.4) is 0 Å². The monoisotopic (exact) mass is 476 g/mol. The molecule has 0 saturated heterocycles. The second-order valence-electron chi connectivity index (χ2n) is 7.76. The number of hydrogen-bond acceptors (Lipinski definition) is 6. The number of aryl methyl sites for hydroxylation is 2. The number of rotatable bonds is 12. The molecule has 0 spiro atoms. The van der Waals surface area contributed by atoms with Gasteiger partial charge < -0.3 is 14.5 Å². The van der Waals surface area contributed by atoms with Crippen molar-refractivity contribution in [1.82, 2.24) is 19.1 Å². The van der Waals surface area contributed by atoms with Crippen LogP contribution in [-0.4, -0.2) is 38.3 Å². The number of carbonyl (C=O) groups excluding carboxylic acids is 1. The van der Waals surface area contributed by atoms with Gasteiger partial charge in [-0.1, -0.05) is 31.9 Å². The number of ether oxygens (including phenoxy) is 2. The number of unbranched alkanes of at least 4 members (excludes halogenated alkanes) is 2. The third-order valence-electron chi connectivity index (χ3n) is 5.25. The minimum Gasteiger partial charge on any atom is -0.490 e. The SMILES string of the molecule is CCCCCn1c(=O)n(CCCc2ccc(OCCOC(C)=O)cc2)c(=O)c2[nH]c(Cl)nc21. The third-order valence-corrected chi connectivity index (χ3v) is 5.42. The van der Waals surface area contributed by atoms with E-state index in [1.54, 1.807) is 0 Å². The van der Waals surface area contributed by atoms with Crippen molar-refractivity contribution in [2.75, 3.05) is 13.2 Å². The number of aromatic amines is 1. The van der Waals surface area contributed by atoms with Crippen LogP contribution in [0.1, 0.15) is 45.1 Å². The van der Waals surface area contributed by atoms with Gasteiger partial charge in [-0.25, -0.2) is 4.79 Å². The van der Waals surface area contributed by atoms with E-state index >= 15 is 0 Å². The Hall–Kier alpha value is -3.07. The molecule has 33 heavy (non-hydrogen) atoms. The van der Waals surface area contributed by atoms with Gasteiger partial charge in [0.15, 0.2) is 11.2 Å². The van der Waals surface area contributed by atoms with Crippen LogP contribution in [0, 0.1) is 0 Å². The van der Waals surface area contributed by atoms with Crippen LogP contribution in [0.5, 0.6) is 5.75 Å². The molecule has 0 unspecified atom stereocenters. The minimum absolute atomic E-state index is 0.0960. The Kier molecular flexibility index (Phi) is 8.71. The lowest BCUT2D eigenvalue weighted by molar-refractivity contribution is -0.141. The predicted octanol–water partition coefficient (Wildman–Crippen LogP) is 3.30. The number of halogens is 1. The fraction of sp³-hybridized carbons (Fsp3) is 0.478. The molecule has 1 N–H and O–H groups in total. The quantitative estimate of drug-likeness (QED) is 0.244. The highest BCUT2D eigenvalue weighted by Crippen LogP contribution is 2.14. The summed E-state index contributed by atoms with van der Waals surface area (Å²) in [6.07, 6.45) is 4.13. The van der Waals surface area contributed by atoms with E-state index in [4.69, 9.17) is 21.1 Å². The first-order valence-electron chi connectivity index (χ1n) is 11.1. The molecule has 2 aromatic heterocycles. The van der Waals surface area contributed by atoms with Crippen molar-refractivity contribution in [2.45, 2.75) is 59.0 Å². The zero-order chi connectivity index (χ0) is 23.8. The van der Waals surface area contributed by atoms with Gasteiger partial charge in [-0.3, -0.25) is 18.7 Å². The first-order chi connectivity index (χ1) is 15.9. The molecule has 0 aliphatic heterocycles. The molecular weight excluding hydrogens is 448 g/mol. The summed E-state index contributed by atoms with van der Waals surface area (Å²) in [7, 11) is 0. The van der Waals surface area contributed by atoms with E-state index in [0.29, 0.717) is 37.3 Å². The number of carbonyl (C=O) groups is 1. The largest absolute Gasteiger partial charge is 0.490 e. The predicted molar refractivity (Wildman–Crippen MR) is 126 cm³/mol. The van der Waals surface area contributed by atoms with Crippen LogP contribution in [0.4, 0.5) is 0 Å². The highest BCUT2D eigenvalue weighted by molar-refractivity contribution is 6.28. The summed E-state index contributed by atoms with van der Waals surface area (Å²) in [5.74, 6) is 0.342. The Morgan fingerprint density at radius 3 is 2.48 bits per heavy atom. The maximum absolute atomic E-state index is 13.0. The van der Waals surface area contributed by atoms with Crippen molar-refractivity contribution < 1.29 is 14.3 Å². The number of aromatic nitrogens is 4. The average Bonchev–Trinajstić information content (AvgIpc) is 3.18. The highest BCUT2D eigenvalue weighted by Gasteiger charge is 2.16. The zero-order valence-electron chi connectivity index (χ0n) is 18.9. The van der Waals surface area contributed by atoms with Crippen LogP contribution in [0.2, 0.25) is 5.28 Å². The topological polar surface area (TPSA) is 108 Å². The number of nitrogens with one attached hydrogen (secondary N) is 1. The molecule has 0 aliphatic rings. The summed E-state index contributed by atoms with van der Waals surface area (Å²) < 4.78 is 13.2. The molecule has 0 aliphatic carbocycles. The number of fused-ring (bicyclic) bond motifs is 1. The second kappa shape index (κ2) is 11.7. The fourth-order valence-corrected chi connectivity index (χ4v) is 3.77. The van der Waals surface area contributed by atoms with Crippen molar-refractivity contribution in [3.8, 4) is 5.75 Å². The first-order valence-corrected chi connectivity index (χ1v) is 11.5. The third kappa shape index (κ3) is 6.47. The lowest BCUT2D eigenvalue weighted by Gasteiger charge is -2.11. The first kappa shape index (κ1) is 24.6. The van der Waals surface area contributed by atoms with Gasteiger partial charge in [0.1, 0.15) is 19.0 Å². The molecule has 178 valence electrons. The Balaban J connectivity index is 1.65. The molecule has 3 rings (SSSR count). The summed E-state index contributed by atoms with van der Waals surface area (Å²) in [5, 5.41) is 0.0960. The van der Waals surface area contributed by atoms with Gasteiger partial charge in [0.25, 0.3) is 5.56 Å².